The molecule has 1 aromatic rings. The van der Waals surface area contributed by atoms with Gasteiger partial charge in [-0.05, 0) is 31.4 Å². The van der Waals surface area contributed by atoms with Crippen LogP contribution >= 0.6 is 15.9 Å². The molecule has 1 fully saturated rings. The van der Waals surface area contributed by atoms with Gasteiger partial charge in [0.1, 0.15) is 5.69 Å². The first-order valence-corrected chi connectivity index (χ1v) is 6.73. The van der Waals surface area contributed by atoms with Crippen LogP contribution in [0.3, 0.4) is 0 Å². The Balaban J connectivity index is 2.27. The summed E-state index contributed by atoms with van der Waals surface area (Å²) in [7, 11) is 0. The van der Waals surface area contributed by atoms with Crippen molar-refractivity contribution in [3.8, 4) is 0 Å². The minimum absolute atomic E-state index is 0.129. The largest absolute Gasteiger partial charge is 0.366 e. The Kier molecular flexibility index (Phi) is 3.87. The minimum Gasteiger partial charge on any atom is -0.366 e. The summed E-state index contributed by atoms with van der Waals surface area (Å²) in [6.07, 6.45) is 0.991. The topological polar surface area (TPSA) is 72.4 Å². The van der Waals surface area contributed by atoms with E-state index in [-0.39, 0.29) is 16.7 Å². The third kappa shape index (κ3) is 2.64. The summed E-state index contributed by atoms with van der Waals surface area (Å²) >= 11 is 3.27. The van der Waals surface area contributed by atoms with Crippen molar-refractivity contribution in [2.45, 2.75) is 19.4 Å². The third-order valence-corrected chi connectivity index (χ3v) is 3.94. The SMILES string of the molecule is CC(N)C1CCN(c2ccc(Br)cc2[N+](=O)[O-])C1. The molecule has 0 bridgehead atoms. The molecule has 98 valence electrons. The molecular formula is C12H16BrN3O2. The normalized spacial score (nSPS) is 21.1. The number of nitro benzene ring substituents is 1. The first-order valence-electron chi connectivity index (χ1n) is 5.93. The Morgan fingerprint density at radius 2 is 2.33 bits per heavy atom. The van der Waals surface area contributed by atoms with E-state index in [4.69, 9.17) is 5.73 Å². The molecule has 0 radical (unpaired) electrons. The van der Waals surface area contributed by atoms with Crippen molar-refractivity contribution in [2.24, 2.45) is 11.7 Å². The van der Waals surface area contributed by atoms with E-state index in [1.807, 2.05) is 13.0 Å². The predicted molar refractivity (Wildman–Crippen MR) is 74.8 cm³/mol. The molecule has 2 N–H and O–H groups in total. The number of nitrogens with two attached hydrogens (primary N) is 1. The molecule has 0 saturated carbocycles. The van der Waals surface area contributed by atoms with Gasteiger partial charge in [0, 0.05) is 29.7 Å². The number of anilines is 1. The van der Waals surface area contributed by atoms with Gasteiger partial charge in [0.2, 0.25) is 0 Å². The van der Waals surface area contributed by atoms with Gasteiger partial charge in [-0.15, -0.1) is 0 Å². The number of benzene rings is 1. The Hall–Kier alpha value is -1.14. The van der Waals surface area contributed by atoms with E-state index >= 15 is 0 Å². The quantitative estimate of drug-likeness (QED) is 0.687. The lowest BCUT2D eigenvalue weighted by molar-refractivity contribution is -0.384. The van der Waals surface area contributed by atoms with Crippen LogP contribution in [0.25, 0.3) is 0 Å². The Morgan fingerprint density at radius 1 is 1.61 bits per heavy atom. The van der Waals surface area contributed by atoms with Crippen molar-refractivity contribution in [1.29, 1.82) is 0 Å². The lowest BCUT2D eigenvalue weighted by Gasteiger charge is -2.19. The molecule has 1 heterocycles. The molecule has 1 aliphatic rings. The molecule has 5 nitrogen and oxygen atoms in total. The van der Waals surface area contributed by atoms with E-state index in [0.29, 0.717) is 11.6 Å². The first kappa shape index (κ1) is 13.3. The van der Waals surface area contributed by atoms with Crippen LogP contribution in [0.2, 0.25) is 0 Å². The number of hydrogen-bond acceptors (Lipinski definition) is 4. The van der Waals surface area contributed by atoms with Crippen molar-refractivity contribution < 1.29 is 4.92 Å². The van der Waals surface area contributed by atoms with E-state index in [1.165, 1.54) is 0 Å². The monoisotopic (exact) mass is 313 g/mol. The molecule has 0 spiro atoms. The van der Waals surface area contributed by atoms with Gasteiger partial charge in [-0.1, -0.05) is 15.9 Å². The minimum atomic E-state index is -0.334. The molecule has 1 aliphatic heterocycles. The van der Waals surface area contributed by atoms with Gasteiger partial charge in [0.25, 0.3) is 5.69 Å². The summed E-state index contributed by atoms with van der Waals surface area (Å²) < 4.78 is 0.723. The maximum Gasteiger partial charge on any atom is 0.293 e. The number of nitrogens with zero attached hydrogens (tertiary/aromatic N) is 2. The van der Waals surface area contributed by atoms with Crippen LogP contribution < -0.4 is 10.6 Å². The average Bonchev–Trinajstić information content (AvgIpc) is 2.78. The van der Waals surface area contributed by atoms with Gasteiger partial charge in [-0.3, -0.25) is 10.1 Å². The smallest absolute Gasteiger partial charge is 0.293 e. The fourth-order valence-corrected chi connectivity index (χ4v) is 2.69. The zero-order chi connectivity index (χ0) is 13.3. The summed E-state index contributed by atoms with van der Waals surface area (Å²) in [5.41, 5.74) is 6.73. The molecule has 2 atom stereocenters. The van der Waals surface area contributed by atoms with E-state index in [2.05, 4.69) is 20.8 Å². The molecule has 0 amide bonds. The van der Waals surface area contributed by atoms with Crippen LogP contribution in [0.4, 0.5) is 11.4 Å². The van der Waals surface area contributed by atoms with Crippen LogP contribution in [-0.4, -0.2) is 24.1 Å². The molecule has 6 heteroatoms. The van der Waals surface area contributed by atoms with E-state index < -0.39 is 0 Å². The van der Waals surface area contributed by atoms with Crippen molar-refractivity contribution in [3.63, 3.8) is 0 Å². The molecule has 1 aromatic carbocycles. The highest BCUT2D eigenvalue weighted by atomic mass is 79.9. The summed E-state index contributed by atoms with van der Waals surface area (Å²) in [6, 6.07) is 5.31. The highest BCUT2D eigenvalue weighted by Crippen LogP contribution is 2.34. The van der Waals surface area contributed by atoms with E-state index in [9.17, 15) is 10.1 Å². The van der Waals surface area contributed by atoms with E-state index in [1.54, 1.807) is 12.1 Å². The van der Waals surface area contributed by atoms with Crippen molar-refractivity contribution in [1.82, 2.24) is 0 Å². The molecule has 18 heavy (non-hydrogen) atoms. The molecule has 2 rings (SSSR count). The number of halogens is 1. The summed E-state index contributed by atoms with van der Waals surface area (Å²) in [5.74, 6) is 0.410. The Morgan fingerprint density at radius 3 is 2.89 bits per heavy atom. The lowest BCUT2D eigenvalue weighted by atomic mass is 10.0. The van der Waals surface area contributed by atoms with Crippen LogP contribution in [0, 0.1) is 16.0 Å². The summed E-state index contributed by atoms with van der Waals surface area (Å²) in [5, 5.41) is 11.1. The number of rotatable bonds is 3. The Bertz CT molecular complexity index is 465. The third-order valence-electron chi connectivity index (χ3n) is 3.44. The molecular weight excluding hydrogens is 298 g/mol. The van der Waals surface area contributed by atoms with Gasteiger partial charge in [0.05, 0.1) is 4.92 Å². The summed E-state index contributed by atoms with van der Waals surface area (Å²) in [6.45, 7) is 3.61. The number of hydrogen-bond donors (Lipinski definition) is 1. The van der Waals surface area contributed by atoms with Crippen LogP contribution in [0.1, 0.15) is 13.3 Å². The average molecular weight is 314 g/mol. The van der Waals surface area contributed by atoms with E-state index in [0.717, 1.165) is 24.0 Å². The fraction of sp³-hybridized carbons (Fsp3) is 0.500. The molecule has 0 aliphatic carbocycles. The Labute approximate surface area is 114 Å². The van der Waals surface area contributed by atoms with Crippen LogP contribution in [-0.2, 0) is 0 Å². The van der Waals surface area contributed by atoms with Gasteiger partial charge in [-0.2, -0.15) is 0 Å². The fourth-order valence-electron chi connectivity index (χ4n) is 2.35. The molecule has 0 aromatic heterocycles. The van der Waals surface area contributed by atoms with Crippen LogP contribution in [0.5, 0.6) is 0 Å². The van der Waals surface area contributed by atoms with Gasteiger partial charge in [0.15, 0.2) is 0 Å². The van der Waals surface area contributed by atoms with Gasteiger partial charge < -0.3 is 10.6 Å². The second-order valence-corrected chi connectivity index (χ2v) is 5.66. The van der Waals surface area contributed by atoms with Gasteiger partial charge in [-0.25, -0.2) is 0 Å². The zero-order valence-electron chi connectivity index (χ0n) is 10.2. The second-order valence-electron chi connectivity index (χ2n) is 4.74. The maximum atomic E-state index is 11.1. The van der Waals surface area contributed by atoms with Gasteiger partial charge >= 0.3 is 0 Å². The number of nitro groups is 1. The predicted octanol–water partition coefficient (Wildman–Crippen LogP) is 2.53. The second kappa shape index (κ2) is 5.24. The standard InChI is InChI=1S/C12H16BrN3O2/c1-8(14)9-4-5-15(7-9)11-3-2-10(13)6-12(11)16(17)18/h2-3,6,8-9H,4-5,7,14H2,1H3. The molecule has 1 saturated heterocycles. The summed E-state index contributed by atoms with van der Waals surface area (Å²) in [4.78, 5) is 12.8. The zero-order valence-corrected chi connectivity index (χ0v) is 11.8. The lowest BCUT2D eigenvalue weighted by Crippen LogP contribution is -2.29. The highest BCUT2D eigenvalue weighted by molar-refractivity contribution is 9.10. The maximum absolute atomic E-state index is 11.1. The van der Waals surface area contributed by atoms with Crippen molar-refractivity contribution >= 4 is 27.3 Å². The first-order chi connectivity index (χ1) is 8.49. The van der Waals surface area contributed by atoms with Crippen LogP contribution in [0.15, 0.2) is 22.7 Å². The van der Waals surface area contributed by atoms with Crippen molar-refractivity contribution in [2.75, 3.05) is 18.0 Å². The van der Waals surface area contributed by atoms with Crippen molar-refractivity contribution in [3.05, 3.63) is 32.8 Å². The molecule has 2 unspecified atom stereocenters. The highest BCUT2D eigenvalue weighted by Gasteiger charge is 2.29.